The number of anilines is 1. The Morgan fingerprint density at radius 3 is 2.57 bits per heavy atom. The van der Waals surface area contributed by atoms with Crippen LogP contribution in [0.15, 0.2) is 24.3 Å². The van der Waals surface area contributed by atoms with Crippen molar-refractivity contribution in [2.45, 2.75) is 58.1 Å². The van der Waals surface area contributed by atoms with Crippen LogP contribution in [0.5, 0.6) is 5.75 Å². The zero-order valence-corrected chi connectivity index (χ0v) is 17.5. The van der Waals surface area contributed by atoms with Crippen LogP contribution in [0, 0.1) is 0 Å². The number of benzene rings is 1. The lowest BCUT2D eigenvalue weighted by Gasteiger charge is -2.30. The number of nitrogens with one attached hydrogen (secondary N) is 1. The van der Waals surface area contributed by atoms with Crippen molar-refractivity contribution in [3.8, 4) is 5.75 Å². The van der Waals surface area contributed by atoms with Gasteiger partial charge in [-0.05, 0) is 57.2 Å². The van der Waals surface area contributed by atoms with Crippen LogP contribution in [0.25, 0.3) is 10.9 Å². The van der Waals surface area contributed by atoms with Crippen LogP contribution in [0.1, 0.15) is 45.2 Å². The van der Waals surface area contributed by atoms with Gasteiger partial charge >= 0.3 is 6.15 Å². The third-order valence-corrected chi connectivity index (χ3v) is 5.01. The van der Waals surface area contributed by atoms with Gasteiger partial charge in [-0.25, -0.2) is 0 Å². The number of ether oxygens (including phenoxy) is 2. The van der Waals surface area contributed by atoms with Crippen molar-refractivity contribution >= 4 is 28.6 Å². The number of fused-ring (bicyclic) bond motifs is 1. The molecule has 1 fully saturated rings. The minimum atomic E-state index is -0.0409. The van der Waals surface area contributed by atoms with Crippen molar-refractivity contribution in [2.75, 3.05) is 18.9 Å². The predicted octanol–water partition coefficient (Wildman–Crippen LogP) is 2.64. The van der Waals surface area contributed by atoms with E-state index in [2.05, 4.69) is 17.2 Å². The molecule has 1 aliphatic carbocycles. The van der Waals surface area contributed by atoms with Crippen LogP contribution < -0.4 is 15.8 Å². The molecule has 0 radical (unpaired) electrons. The lowest BCUT2D eigenvalue weighted by molar-refractivity contribution is -0.191. The summed E-state index contributed by atoms with van der Waals surface area (Å²) in [4.78, 5) is 32.7. The van der Waals surface area contributed by atoms with Crippen LogP contribution in [0.2, 0.25) is 0 Å². The Hall–Kier alpha value is -2.96. The Labute approximate surface area is 176 Å². The zero-order valence-electron chi connectivity index (χ0n) is 17.5. The van der Waals surface area contributed by atoms with Crippen molar-refractivity contribution in [2.24, 2.45) is 0 Å². The van der Waals surface area contributed by atoms with Crippen LogP contribution in [0.4, 0.5) is 5.69 Å². The Balaban J connectivity index is 0.00000101. The molecule has 8 nitrogen and oxygen atoms in total. The van der Waals surface area contributed by atoms with Crippen molar-refractivity contribution in [1.82, 2.24) is 10.3 Å². The van der Waals surface area contributed by atoms with Crippen LogP contribution in [0.3, 0.4) is 0 Å². The molecule has 3 N–H and O–H groups in total. The van der Waals surface area contributed by atoms with E-state index in [1.54, 1.807) is 0 Å². The van der Waals surface area contributed by atoms with Gasteiger partial charge in [-0.1, -0.05) is 13.0 Å². The number of hydrogen-bond acceptors (Lipinski definition) is 7. The van der Waals surface area contributed by atoms with E-state index >= 15 is 0 Å². The Kier molecular flexibility index (Phi) is 9.25. The maximum absolute atomic E-state index is 11.8. The van der Waals surface area contributed by atoms with E-state index in [4.69, 9.17) is 24.8 Å². The van der Waals surface area contributed by atoms with Gasteiger partial charge in [0, 0.05) is 24.0 Å². The summed E-state index contributed by atoms with van der Waals surface area (Å²) in [5, 5.41) is 3.93. The first-order valence-corrected chi connectivity index (χ1v) is 10.2. The van der Waals surface area contributed by atoms with E-state index in [-0.39, 0.29) is 30.8 Å². The van der Waals surface area contributed by atoms with Crippen molar-refractivity contribution in [3.63, 3.8) is 0 Å². The molecule has 1 aromatic carbocycles. The van der Waals surface area contributed by atoms with Crippen LogP contribution in [-0.2, 0) is 25.5 Å². The molecule has 2 aromatic rings. The lowest BCUT2D eigenvalue weighted by Crippen LogP contribution is -2.41. The van der Waals surface area contributed by atoms with E-state index < -0.39 is 0 Å². The highest BCUT2D eigenvalue weighted by Crippen LogP contribution is 2.33. The highest BCUT2D eigenvalue weighted by Gasteiger charge is 2.24. The number of hydrogen-bond donors (Lipinski definition) is 2. The van der Waals surface area contributed by atoms with Gasteiger partial charge in [0.1, 0.15) is 12.4 Å². The molecule has 30 heavy (non-hydrogen) atoms. The average Bonchev–Trinajstić information content (AvgIpc) is 2.74. The largest absolute Gasteiger partial charge is 0.490 e. The average molecular weight is 415 g/mol. The van der Waals surface area contributed by atoms with Gasteiger partial charge in [-0.3, -0.25) is 9.78 Å². The van der Waals surface area contributed by atoms with Gasteiger partial charge in [-0.2, -0.15) is 9.59 Å². The normalized spacial score (nSPS) is 18.1. The first-order chi connectivity index (χ1) is 14.5. The molecule has 0 atom stereocenters. The summed E-state index contributed by atoms with van der Waals surface area (Å²) in [5.41, 5.74) is 8.85. The highest BCUT2D eigenvalue weighted by molar-refractivity contribution is 5.95. The van der Waals surface area contributed by atoms with E-state index in [1.165, 1.54) is 0 Å². The number of carbonyl (C=O) groups excluding carboxylic acids is 3. The summed E-state index contributed by atoms with van der Waals surface area (Å²) >= 11 is 0. The number of nitrogens with two attached hydrogens (primary N) is 1. The van der Waals surface area contributed by atoms with Gasteiger partial charge < -0.3 is 20.5 Å². The van der Waals surface area contributed by atoms with E-state index in [9.17, 15) is 4.79 Å². The molecule has 8 heteroatoms. The molecule has 1 aliphatic rings. The number of rotatable bonds is 7. The van der Waals surface area contributed by atoms with Gasteiger partial charge in [0.15, 0.2) is 0 Å². The first kappa shape index (κ1) is 23.3. The van der Waals surface area contributed by atoms with Crippen molar-refractivity contribution < 1.29 is 23.9 Å². The van der Waals surface area contributed by atoms with E-state index in [1.807, 2.05) is 31.2 Å². The molecular formula is C22H29N3O5. The third-order valence-electron chi connectivity index (χ3n) is 5.01. The minimum Gasteiger partial charge on any atom is -0.490 e. The SMILES string of the molecule is CCOCC(=O)NC1CCC(Oc2cccc3nc(CC)cc(N)c23)CC1.O=C=O. The monoisotopic (exact) mass is 415 g/mol. The number of nitrogen functional groups attached to an aromatic ring is 1. The fourth-order valence-corrected chi connectivity index (χ4v) is 3.59. The van der Waals surface area contributed by atoms with Gasteiger partial charge in [-0.15, -0.1) is 0 Å². The number of aromatic nitrogens is 1. The molecule has 1 saturated carbocycles. The number of pyridine rings is 1. The van der Waals surface area contributed by atoms with Crippen molar-refractivity contribution in [3.05, 3.63) is 30.0 Å². The summed E-state index contributed by atoms with van der Waals surface area (Å²) < 4.78 is 11.4. The summed E-state index contributed by atoms with van der Waals surface area (Å²) in [6, 6.07) is 8.03. The molecule has 162 valence electrons. The van der Waals surface area contributed by atoms with Crippen LogP contribution >= 0.6 is 0 Å². The molecule has 0 saturated heterocycles. The maximum Gasteiger partial charge on any atom is 0.373 e. The smallest absolute Gasteiger partial charge is 0.373 e. The quantitative estimate of drug-likeness (QED) is 0.713. The molecule has 1 heterocycles. The highest BCUT2D eigenvalue weighted by atomic mass is 16.5. The summed E-state index contributed by atoms with van der Waals surface area (Å²) in [6.07, 6.45) is 4.83. The van der Waals surface area contributed by atoms with E-state index in [0.717, 1.165) is 54.5 Å². The molecule has 1 amide bonds. The molecule has 3 rings (SSSR count). The molecular weight excluding hydrogens is 386 g/mol. The number of aryl methyl sites for hydroxylation is 1. The number of carbonyl (C=O) groups is 1. The third kappa shape index (κ3) is 6.54. The fourth-order valence-electron chi connectivity index (χ4n) is 3.59. The second-order valence-corrected chi connectivity index (χ2v) is 7.09. The topological polar surface area (TPSA) is 121 Å². The second-order valence-electron chi connectivity index (χ2n) is 7.09. The standard InChI is InChI=1S/C21H29N3O3.CO2/c1-3-14-12-17(22)21-18(23-14)6-5-7-19(21)27-16-10-8-15(9-11-16)24-20(25)13-26-4-2;2-1-3/h5-7,12,15-16H,3-4,8-11,13H2,1-2H3,(H2,22,23)(H,24,25);. The van der Waals surface area contributed by atoms with Gasteiger partial charge in [0.05, 0.1) is 17.0 Å². The molecule has 0 bridgehead atoms. The summed E-state index contributed by atoms with van der Waals surface area (Å²) in [7, 11) is 0. The zero-order chi connectivity index (χ0) is 21.9. The van der Waals surface area contributed by atoms with Crippen LogP contribution in [-0.4, -0.2) is 42.4 Å². The number of amides is 1. The maximum atomic E-state index is 11.8. The minimum absolute atomic E-state index is 0.0409. The second kappa shape index (κ2) is 11.9. The molecule has 0 unspecified atom stereocenters. The van der Waals surface area contributed by atoms with Gasteiger partial charge in [0.25, 0.3) is 0 Å². The summed E-state index contributed by atoms with van der Waals surface area (Å²) in [5.74, 6) is 0.754. The molecule has 0 aliphatic heterocycles. The fraction of sp³-hybridized carbons (Fsp3) is 0.500. The molecule has 1 aromatic heterocycles. The first-order valence-electron chi connectivity index (χ1n) is 10.2. The predicted molar refractivity (Wildman–Crippen MR) is 112 cm³/mol. The number of nitrogens with zero attached hydrogens (tertiary/aromatic N) is 1. The summed E-state index contributed by atoms with van der Waals surface area (Å²) in [6.45, 7) is 4.64. The van der Waals surface area contributed by atoms with E-state index in [0.29, 0.717) is 12.3 Å². The van der Waals surface area contributed by atoms with Gasteiger partial charge in [0.2, 0.25) is 5.91 Å². The Bertz CT molecular complexity index is 872. The molecule has 0 spiro atoms. The Morgan fingerprint density at radius 2 is 1.93 bits per heavy atom. The lowest BCUT2D eigenvalue weighted by atomic mass is 9.93. The Morgan fingerprint density at radius 1 is 1.23 bits per heavy atom. The van der Waals surface area contributed by atoms with Crippen molar-refractivity contribution in [1.29, 1.82) is 0 Å².